The summed E-state index contributed by atoms with van der Waals surface area (Å²) in [5, 5.41) is 0. The lowest BCUT2D eigenvalue weighted by Gasteiger charge is -2.32. The van der Waals surface area contributed by atoms with Crippen molar-refractivity contribution in [2.75, 3.05) is 9.80 Å². The molecule has 9 rings (SSSR count). The van der Waals surface area contributed by atoms with Gasteiger partial charge in [-0.3, -0.25) is 0 Å². The molecule has 7 aromatic carbocycles. The first-order chi connectivity index (χ1) is 24.3. The molecular formula is C48H40N2. The highest BCUT2D eigenvalue weighted by Crippen LogP contribution is 2.60. The quantitative estimate of drug-likeness (QED) is 0.178. The van der Waals surface area contributed by atoms with Crippen molar-refractivity contribution < 1.29 is 0 Å². The summed E-state index contributed by atoms with van der Waals surface area (Å²) >= 11 is 0. The summed E-state index contributed by atoms with van der Waals surface area (Å²) in [7, 11) is 0. The van der Waals surface area contributed by atoms with Crippen LogP contribution in [0.25, 0.3) is 22.3 Å². The van der Waals surface area contributed by atoms with Gasteiger partial charge < -0.3 is 9.80 Å². The van der Waals surface area contributed by atoms with Gasteiger partial charge in [-0.2, -0.15) is 0 Å². The molecule has 2 aliphatic rings. The Balaban J connectivity index is 1.17. The fraction of sp³-hybridized carbons (Fsp3) is 0.125. The van der Waals surface area contributed by atoms with Crippen LogP contribution in [0.15, 0.2) is 170 Å². The molecule has 0 saturated carbocycles. The number of para-hydroxylation sites is 4. The summed E-state index contributed by atoms with van der Waals surface area (Å²) in [5.74, 6) is 0. The number of rotatable bonds is 6. The first kappa shape index (κ1) is 30.2. The van der Waals surface area contributed by atoms with E-state index in [2.05, 4.69) is 207 Å². The van der Waals surface area contributed by atoms with Crippen LogP contribution in [0.3, 0.4) is 0 Å². The molecule has 0 heterocycles. The molecule has 0 saturated heterocycles. The molecule has 0 bridgehead atoms. The van der Waals surface area contributed by atoms with Gasteiger partial charge >= 0.3 is 0 Å². The summed E-state index contributed by atoms with van der Waals surface area (Å²) in [6.07, 6.45) is 0. The summed E-state index contributed by atoms with van der Waals surface area (Å²) in [6, 6.07) is 61.7. The highest BCUT2D eigenvalue weighted by Gasteiger charge is 2.46. The van der Waals surface area contributed by atoms with E-state index in [4.69, 9.17) is 0 Å². The minimum Gasteiger partial charge on any atom is -0.310 e. The lowest BCUT2D eigenvalue weighted by molar-refractivity contribution is 0.601. The second kappa shape index (κ2) is 11.4. The first-order valence-corrected chi connectivity index (χ1v) is 17.6. The van der Waals surface area contributed by atoms with Crippen LogP contribution in [0.2, 0.25) is 0 Å². The molecule has 0 N–H and O–H groups in total. The van der Waals surface area contributed by atoms with Crippen LogP contribution in [-0.2, 0) is 10.8 Å². The molecule has 2 heteroatoms. The fourth-order valence-corrected chi connectivity index (χ4v) is 8.67. The van der Waals surface area contributed by atoms with E-state index in [0.717, 1.165) is 22.7 Å². The number of anilines is 6. The average Bonchev–Trinajstić information content (AvgIpc) is 3.52. The molecule has 0 atom stereocenters. The van der Waals surface area contributed by atoms with Crippen molar-refractivity contribution in [2.24, 2.45) is 0 Å². The monoisotopic (exact) mass is 644 g/mol. The second-order valence-corrected chi connectivity index (χ2v) is 14.6. The number of hydrogen-bond acceptors (Lipinski definition) is 2. The third-order valence-electron chi connectivity index (χ3n) is 11.0. The predicted molar refractivity (Wildman–Crippen MR) is 211 cm³/mol. The molecule has 50 heavy (non-hydrogen) atoms. The number of fused-ring (bicyclic) bond motifs is 7. The molecule has 0 unspecified atom stereocenters. The minimum atomic E-state index is -0.187. The normalized spacial score (nSPS) is 14.3. The molecule has 2 nitrogen and oxygen atoms in total. The molecule has 0 aliphatic heterocycles. The van der Waals surface area contributed by atoms with Crippen molar-refractivity contribution in [3.63, 3.8) is 0 Å². The summed E-state index contributed by atoms with van der Waals surface area (Å²) in [5.41, 5.74) is 17.6. The number of nitrogens with zero attached hydrogens (tertiary/aromatic N) is 2. The van der Waals surface area contributed by atoms with Crippen LogP contribution < -0.4 is 9.80 Å². The molecule has 0 radical (unpaired) electrons. The molecule has 7 aromatic rings. The van der Waals surface area contributed by atoms with Crippen molar-refractivity contribution in [1.29, 1.82) is 0 Å². The van der Waals surface area contributed by atoms with E-state index < -0.39 is 0 Å². The largest absolute Gasteiger partial charge is 0.310 e. The van der Waals surface area contributed by atoms with Crippen LogP contribution >= 0.6 is 0 Å². The van der Waals surface area contributed by atoms with E-state index in [-0.39, 0.29) is 10.8 Å². The van der Waals surface area contributed by atoms with Crippen LogP contribution in [0.5, 0.6) is 0 Å². The average molecular weight is 645 g/mol. The summed E-state index contributed by atoms with van der Waals surface area (Å²) < 4.78 is 0. The predicted octanol–water partition coefficient (Wildman–Crippen LogP) is 13.2. The smallest absolute Gasteiger partial charge is 0.0465 e. The van der Waals surface area contributed by atoms with Gasteiger partial charge in [-0.25, -0.2) is 0 Å². The number of benzene rings is 7. The Labute approximate surface area is 295 Å². The molecule has 0 spiro atoms. The van der Waals surface area contributed by atoms with Gasteiger partial charge in [0.25, 0.3) is 0 Å². The molecule has 0 amide bonds. The van der Waals surface area contributed by atoms with E-state index in [1.165, 1.54) is 55.9 Å². The molecule has 0 aromatic heterocycles. The lowest BCUT2D eigenvalue weighted by Crippen LogP contribution is -2.24. The molecular weight excluding hydrogens is 605 g/mol. The van der Waals surface area contributed by atoms with Crippen LogP contribution in [0.1, 0.15) is 49.9 Å². The maximum Gasteiger partial charge on any atom is 0.0465 e. The molecule has 242 valence electrons. The summed E-state index contributed by atoms with van der Waals surface area (Å²) in [4.78, 5) is 4.74. The zero-order chi connectivity index (χ0) is 34.0. The van der Waals surface area contributed by atoms with Crippen molar-refractivity contribution in [3.8, 4) is 22.3 Å². The van der Waals surface area contributed by atoms with Gasteiger partial charge in [0.15, 0.2) is 0 Å². The van der Waals surface area contributed by atoms with Gasteiger partial charge in [-0.1, -0.05) is 125 Å². The van der Waals surface area contributed by atoms with Gasteiger partial charge in [0.05, 0.1) is 0 Å². The lowest BCUT2D eigenvalue weighted by atomic mass is 9.72. The van der Waals surface area contributed by atoms with Gasteiger partial charge in [-0.05, 0) is 117 Å². The highest BCUT2D eigenvalue weighted by atomic mass is 15.1. The van der Waals surface area contributed by atoms with Gasteiger partial charge in [-0.15, -0.1) is 0 Å². The Morgan fingerprint density at radius 3 is 0.880 bits per heavy atom. The first-order valence-electron chi connectivity index (χ1n) is 17.6. The molecule has 0 fully saturated rings. The van der Waals surface area contributed by atoms with Gasteiger partial charge in [0.1, 0.15) is 0 Å². The standard InChI is InChI=1S/C48H40N2/c1-47(2)43-31-37(49(33-17-9-5-10-18-33)34-19-11-6-12-20-34)25-27-39(43)41-29-30-42-40-28-26-38(32-44(40)48(3,4)46(42)45(41)47)50(35-21-13-7-14-22-35)36-23-15-8-16-24-36/h5-32H,1-4H3. The Hall–Kier alpha value is -5.86. The third kappa shape index (κ3) is 4.55. The third-order valence-corrected chi connectivity index (χ3v) is 11.0. The minimum absolute atomic E-state index is 0.187. The zero-order valence-corrected chi connectivity index (χ0v) is 29.1. The Morgan fingerprint density at radius 1 is 0.300 bits per heavy atom. The fourth-order valence-electron chi connectivity index (χ4n) is 8.67. The zero-order valence-electron chi connectivity index (χ0n) is 29.1. The van der Waals surface area contributed by atoms with Crippen molar-refractivity contribution in [3.05, 3.63) is 192 Å². The van der Waals surface area contributed by atoms with Gasteiger partial charge in [0, 0.05) is 45.0 Å². The van der Waals surface area contributed by atoms with E-state index in [1.807, 2.05) is 0 Å². The Morgan fingerprint density at radius 2 is 0.580 bits per heavy atom. The Kier molecular flexibility index (Phi) is 6.86. The van der Waals surface area contributed by atoms with Gasteiger partial charge in [0.2, 0.25) is 0 Å². The second-order valence-electron chi connectivity index (χ2n) is 14.6. The Bertz CT molecular complexity index is 2110. The van der Waals surface area contributed by atoms with E-state index in [1.54, 1.807) is 0 Å². The van der Waals surface area contributed by atoms with E-state index in [0.29, 0.717) is 0 Å². The van der Waals surface area contributed by atoms with Crippen LogP contribution in [0.4, 0.5) is 34.1 Å². The van der Waals surface area contributed by atoms with Crippen molar-refractivity contribution in [2.45, 2.75) is 38.5 Å². The SMILES string of the molecule is CC1(C)c2cc(N(c3ccccc3)c3ccccc3)ccc2-c2ccc3c(c21)C(C)(C)c1cc(N(c2ccccc2)c2ccccc2)ccc1-3. The van der Waals surface area contributed by atoms with Crippen LogP contribution in [0, 0.1) is 0 Å². The maximum absolute atomic E-state index is 2.44. The van der Waals surface area contributed by atoms with E-state index in [9.17, 15) is 0 Å². The topological polar surface area (TPSA) is 6.48 Å². The van der Waals surface area contributed by atoms with E-state index >= 15 is 0 Å². The van der Waals surface area contributed by atoms with Crippen molar-refractivity contribution >= 4 is 34.1 Å². The van der Waals surface area contributed by atoms with Crippen molar-refractivity contribution in [1.82, 2.24) is 0 Å². The van der Waals surface area contributed by atoms with Crippen LogP contribution in [-0.4, -0.2) is 0 Å². The maximum atomic E-state index is 2.44. The molecule has 2 aliphatic carbocycles. The summed E-state index contributed by atoms with van der Waals surface area (Å²) in [6.45, 7) is 9.70. The number of hydrogen-bond donors (Lipinski definition) is 0. The highest BCUT2D eigenvalue weighted by molar-refractivity contribution is 5.93.